The van der Waals surface area contributed by atoms with Crippen molar-refractivity contribution in [1.29, 1.82) is 0 Å². The topological polar surface area (TPSA) is 105 Å². The first-order chi connectivity index (χ1) is 11.4. The lowest BCUT2D eigenvalue weighted by atomic mass is 10.3. The van der Waals surface area contributed by atoms with Crippen molar-refractivity contribution in [2.45, 2.75) is 13.8 Å². The van der Waals surface area contributed by atoms with Gasteiger partial charge in [-0.15, -0.1) is 13.2 Å². The predicted octanol–water partition coefficient (Wildman–Crippen LogP) is 3.19. The highest BCUT2D eigenvalue weighted by Gasteiger charge is 1.96. The SMILES string of the molecule is C=C.CC(=O)Oc1ccc(N)cc1.CC(=O)Oc1ccc(N)cc1. The van der Waals surface area contributed by atoms with Crippen LogP contribution >= 0.6 is 0 Å². The van der Waals surface area contributed by atoms with Crippen LogP contribution < -0.4 is 20.9 Å². The Bertz CT molecular complexity index is 580. The van der Waals surface area contributed by atoms with Crippen molar-refractivity contribution in [3.8, 4) is 11.5 Å². The predicted molar refractivity (Wildman–Crippen MR) is 95.6 cm³/mol. The summed E-state index contributed by atoms with van der Waals surface area (Å²) in [5.74, 6) is 0.392. The summed E-state index contributed by atoms with van der Waals surface area (Å²) in [7, 11) is 0. The lowest BCUT2D eigenvalue weighted by molar-refractivity contribution is -0.132. The molecule has 2 aromatic carbocycles. The third-order valence-corrected chi connectivity index (χ3v) is 2.28. The molecule has 24 heavy (non-hydrogen) atoms. The molecule has 0 aliphatic carbocycles. The number of carbonyl (C=O) groups is 2. The van der Waals surface area contributed by atoms with Gasteiger partial charge in [-0.05, 0) is 48.5 Å². The van der Waals surface area contributed by atoms with Gasteiger partial charge in [-0.2, -0.15) is 0 Å². The van der Waals surface area contributed by atoms with Crippen LogP contribution in [0.2, 0.25) is 0 Å². The van der Waals surface area contributed by atoms with E-state index in [2.05, 4.69) is 13.2 Å². The molecule has 0 unspecified atom stereocenters. The molecule has 128 valence electrons. The van der Waals surface area contributed by atoms with Crippen molar-refractivity contribution in [2.75, 3.05) is 11.5 Å². The van der Waals surface area contributed by atoms with Gasteiger partial charge in [-0.1, -0.05) is 0 Å². The van der Waals surface area contributed by atoms with Crippen LogP contribution in [0.4, 0.5) is 11.4 Å². The summed E-state index contributed by atoms with van der Waals surface area (Å²) in [6.45, 7) is 8.71. The Labute approximate surface area is 141 Å². The van der Waals surface area contributed by atoms with Gasteiger partial charge < -0.3 is 20.9 Å². The number of nitrogens with two attached hydrogens (primary N) is 2. The van der Waals surface area contributed by atoms with Crippen molar-refractivity contribution < 1.29 is 19.1 Å². The van der Waals surface area contributed by atoms with Crippen LogP contribution in [0.1, 0.15) is 13.8 Å². The molecule has 0 fully saturated rings. The average Bonchev–Trinajstić information content (AvgIpc) is 2.54. The Morgan fingerprint density at radius 2 is 0.958 bits per heavy atom. The third-order valence-electron chi connectivity index (χ3n) is 2.28. The first-order valence-corrected chi connectivity index (χ1v) is 6.94. The summed E-state index contributed by atoms with van der Waals surface area (Å²) in [6.07, 6.45) is 0. The minimum atomic E-state index is -0.324. The van der Waals surface area contributed by atoms with Crippen molar-refractivity contribution in [1.82, 2.24) is 0 Å². The number of esters is 2. The van der Waals surface area contributed by atoms with Gasteiger partial charge in [0, 0.05) is 25.2 Å². The van der Waals surface area contributed by atoms with Crippen LogP contribution in [0.3, 0.4) is 0 Å². The highest BCUT2D eigenvalue weighted by atomic mass is 16.5. The molecular formula is C18H22N2O4. The number of ether oxygens (including phenoxy) is 2. The number of carbonyl (C=O) groups excluding carboxylic acids is 2. The lowest BCUT2D eigenvalue weighted by Crippen LogP contribution is -2.00. The zero-order valence-corrected chi connectivity index (χ0v) is 13.8. The van der Waals surface area contributed by atoms with Gasteiger partial charge >= 0.3 is 11.9 Å². The first kappa shape index (κ1) is 20.7. The fourth-order valence-electron chi connectivity index (χ4n) is 1.40. The van der Waals surface area contributed by atoms with Crippen LogP contribution in [0.5, 0.6) is 11.5 Å². The Hall–Kier alpha value is -3.28. The molecule has 0 atom stereocenters. The molecule has 0 amide bonds. The molecule has 0 radical (unpaired) electrons. The Morgan fingerprint density at radius 3 is 1.17 bits per heavy atom. The maximum atomic E-state index is 10.4. The molecule has 0 aliphatic heterocycles. The lowest BCUT2D eigenvalue weighted by Gasteiger charge is -1.99. The molecule has 4 N–H and O–H groups in total. The monoisotopic (exact) mass is 330 g/mol. The molecule has 0 aliphatic rings. The van der Waals surface area contributed by atoms with Gasteiger partial charge in [0.1, 0.15) is 11.5 Å². The van der Waals surface area contributed by atoms with Crippen LogP contribution in [0.15, 0.2) is 61.7 Å². The quantitative estimate of drug-likeness (QED) is 0.379. The third kappa shape index (κ3) is 9.62. The van der Waals surface area contributed by atoms with Crippen molar-refractivity contribution in [3.63, 3.8) is 0 Å². The highest BCUT2D eigenvalue weighted by molar-refractivity contribution is 5.69. The molecule has 6 nitrogen and oxygen atoms in total. The van der Waals surface area contributed by atoms with Crippen molar-refractivity contribution >= 4 is 23.3 Å². The minimum absolute atomic E-state index is 0.324. The molecular weight excluding hydrogens is 308 g/mol. The molecule has 0 bridgehead atoms. The Kier molecular flexibility index (Phi) is 9.76. The maximum Gasteiger partial charge on any atom is 0.308 e. The largest absolute Gasteiger partial charge is 0.427 e. The van der Waals surface area contributed by atoms with E-state index >= 15 is 0 Å². The van der Waals surface area contributed by atoms with E-state index in [0.29, 0.717) is 22.9 Å². The highest BCUT2D eigenvalue weighted by Crippen LogP contribution is 2.13. The first-order valence-electron chi connectivity index (χ1n) is 6.94. The number of hydrogen-bond donors (Lipinski definition) is 2. The molecule has 0 aromatic heterocycles. The number of rotatable bonds is 2. The Morgan fingerprint density at radius 1 is 0.708 bits per heavy atom. The van der Waals surface area contributed by atoms with E-state index in [-0.39, 0.29) is 11.9 Å². The normalized spacial score (nSPS) is 8.58. The summed E-state index contributed by atoms with van der Waals surface area (Å²) in [6, 6.07) is 13.3. The van der Waals surface area contributed by atoms with Gasteiger partial charge in [0.05, 0.1) is 0 Å². The van der Waals surface area contributed by atoms with Crippen LogP contribution in [-0.4, -0.2) is 11.9 Å². The molecule has 0 heterocycles. The van der Waals surface area contributed by atoms with E-state index in [9.17, 15) is 9.59 Å². The summed E-state index contributed by atoms with van der Waals surface area (Å²) < 4.78 is 9.55. The maximum absolute atomic E-state index is 10.4. The fourth-order valence-corrected chi connectivity index (χ4v) is 1.40. The van der Waals surface area contributed by atoms with Crippen LogP contribution in [-0.2, 0) is 9.59 Å². The number of anilines is 2. The molecule has 2 aromatic rings. The van der Waals surface area contributed by atoms with Gasteiger partial charge in [-0.3, -0.25) is 9.59 Å². The van der Waals surface area contributed by atoms with Gasteiger partial charge in [0.15, 0.2) is 0 Å². The van der Waals surface area contributed by atoms with E-state index in [1.54, 1.807) is 48.5 Å². The second-order valence-electron chi connectivity index (χ2n) is 4.33. The molecule has 0 spiro atoms. The summed E-state index contributed by atoms with van der Waals surface area (Å²) >= 11 is 0. The van der Waals surface area contributed by atoms with E-state index in [1.807, 2.05) is 0 Å². The van der Waals surface area contributed by atoms with E-state index in [1.165, 1.54) is 13.8 Å². The number of benzene rings is 2. The fraction of sp³-hybridized carbons (Fsp3) is 0.111. The zero-order chi connectivity index (χ0) is 18.5. The summed E-state index contributed by atoms with van der Waals surface area (Å²) in [5, 5.41) is 0. The van der Waals surface area contributed by atoms with Crippen molar-refractivity contribution in [3.05, 3.63) is 61.7 Å². The van der Waals surface area contributed by atoms with Crippen LogP contribution in [0.25, 0.3) is 0 Å². The number of hydrogen-bond acceptors (Lipinski definition) is 6. The number of nitrogen functional groups attached to an aromatic ring is 2. The minimum Gasteiger partial charge on any atom is -0.427 e. The second kappa shape index (κ2) is 11.3. The van der Waals surface area contributed by atoms with Crippen LogP contribution in [0, 0.1) is 0 Å². The van der Waals surface area contributed by atoms with E-state index < -0.39 is 0 Å². The van der Waals surface area contributed by atoms with Crippen molar-refractivity contribution in [2.24, 2.45) is 0 Å². The molecule has 2 rings (SSSR count). The van der Waals surface area contributed by atoms with E-state index in [4.69, 9.17) is 20.9 Å². The molecule has 0 saturated heterocycles. The summed E-state index contributed by atoms with van der Waals surface area (Å²) in [4.78, 5) is 20.9. The molecule has 6 heteroatoms. The molecule has 0 saturated carbocycles. The van der Waals surface area contributed by atoms with Gasteiger partial charge in [-0.25, -0.2) is 0 Å². The average molecular weight is 330 g/mol. The standard InChI is InChI=1S/2C8H9NO2.C2H4/c2*1-6(10)11-8-4-2-7(9)3-5-8;1-2/h2*2-5H,9H2,1H3;1-2H2. The summed E-state index contributed by atoms with van der Waals surface area (Å²) in [5.41, 5.74) is 12.1. The van der Waals surface area contributed by atoms with E-state index in [0.717, 1.165) is 0 Å². The smallest absolute Gasteiger partial charge is 0.308 e. The second-order valence-corrected chi connectivity index (χ2v) is 4.33. The van der Waals surface area contributed by atoms with Gasteiger partial charge in [0.25, 0.3) is 0 Å². The Balaban J connectivity index is 0.000000400. The zero-order valence-electron chi connectivity index (χ0n) is 13.8. The van der Waals surface area contributed by atoms with Gasteiger partial charge in [0.2, 0.25) is 0 Å².